The van der Waals surface area contributed by atoms with Crippen molar-refractivity contribution in [2.75, 3.05) is 0 Å². The second-order valence-corrected chi connectivity index (χ2v) is 5.10. The van der Waals surface area contributed by atoms with Gasteiger partial charge >= 0.3 is 0 Å². The number of hydrogen-bond acceptors (Lipinski definition) is 2. The van der Waals surface area contributed by atoms with Gasteiger partial charge in [-0.2, -0.15) is 0 Å². The number of rotatable bonds is 2. The topological polar surface area (TPSA) is 26.0 Å². The van der Waals surface area contributed by atoms with Crippen LogP contribution < -0.4 is 10.4 Å². The van der Waals surface area contributed by atoms with Crippen molar-refractivity contribution in [2.24, 2.45) is 0 Å². The molecule has 0 spiro atoms. The Morgan fingerprint density at radius 1 is 1.22 bits per heavy atom. The predicted octanol–water partition coefficient (Wildman–Crippen LogP) is 2.55. The number of aromatic nitrogens is 1. The Hall–Kier alpha value is -1.83. The van der Waals surface area contributed by atoms with Crippen LogP contribution in [0.3, 0.4) is 0 Å². The first-order chi connectivity index (χ1) is 8.75. The van der Waals surface area contributed by atoms with Gasteiger partial charge in [0.25, 0.3) is 0 Å². The number of nitrogens with zero attached hydrogens (tertiary/aromatic N) is 1. The van der Waals surface area contributed by atoms with Crippen molar-refractivity contribution in [1.29, 1.82) is 0 Å². The SMILES string of the molecule is CC(C)c1ocnc1C1C=c2ccccc2=CC1. The smallest absolute Gasteiger partial charge is 0.181 e. The van der Waals surface area contributed by atoms with Crippen LogP contribution in [0.25, 0.3) is 12.2 Å². The average Bonchev–Trinajstić information content (AvgIpc) is 2.87. The van der Waals surface area contributed by atoms with Crippen molar-refractivity contribution in [3.8, 4) is 0 Å². The van der Waals surface area contributed by atoms with Crippen molar-refractivity contribution in [3.63, 3.8) is 0 Å². The molecule has 2 nitrogen and oxygen atoms in total. The number of hydrogen-bond donors (Lipinski definition) is 0. The molecule has 2 aromatic rings. The van der Waals surface area contributed by atoms with E-state index in [1.54, 1.807) is 6.39 Å². The van der Waals surface area contributed by atoms with Gasteiger partial charge in [0, 0.05) is 11.8 Å². The summed E-state index contributed by atoms with van der Waals surface area (Å²) in [5.41, 5.74) is 1.09. The molecule has 0 saturated carbocycles. The summed E-state index contributed by atoms with van der Waals surface area (Å²) >= 11 is 0. The van der Waals surface area contributed by atoms with Gasteiger partial charge in [-0.25, -0.2) is 4.98 Å². The van der Waals surface area contributed by atoms with Gasteiger partial charge in [-0.3, -0.25) is 0 Å². The Balaban J connectivity index is 2.06. The third-order valence-corrected chi connectivity index (χ3v) is 3.47. The van der Waals surface area contributed by atoms with Crippen LogP contribution in [-0.4, -0.2) is 4.98 Å². The summed E-state index contributed by atoms with van der Waals surface area (Å²) in [5.74, 6) is 1.74. The molecule has 2 heteroatoms. The van der Waals surface area contributed by atoms with Gasteiger partial charge < -0.3 is 4.42 Å². The molecule has 0 bridgehead atoms. The van der Waals surface area contributed by atoms with Crippen molar-refractivity contribution < 1.29 is 4.42 Å². The lowest BCUT2D eigenvalue weighted by molar-refractivity contribution is 0.477. The molecule has 1 aliphatic carbocycles. The first-order valence-electron chi connectivity index (χ1n) is 6.46. The molecule has 18 heavy (non-hydrogen) atoms. The molecule has 0 saturated heterocycles. The van der Waals surface area contributed by atoms with E-state index in [-0.39, 0.29) is 0 Å². The van der Waals surface area contributed by atoms with Gasteiger partial charge in [-0.1, -0.05) is 50.3 Å². The number of benzene rings is 1. The molecule has 92 valence electrons. The fraction of sp³-hybridized carbons (Fsp3) is 0.312. The molecule has 0 aliphatic heterocycles. The van der Waals surface area contributed by atoms with E-state index in [1.807, 2.05) is 0 Å². The second kappa shape index (κ2) is 4.45. The molecule has 0 fully saturated rings. The minimum atomic E-state index is 0.344. The van der Waals surface area contributed by atoms with Crippen LogP contribution in [0.2, 0.25) is 0 Å². The standard InChI is InChI=1S/C16H17NO/c1-11(2)16-15(17-10-18-16)14-8-7-12-5-3-4-6-13(12)9-14/h3-7,9-11,14H,8H2,1-2H3. The molecule has 1 atom stereocenters. The van der Waals surface area contributed by atoms with Crippen LogP contribution >= 0.6 is 0 Å². The van der Waals surface area contributed by atoms with E-state index in [9.17, 15) is 0 Å². The van der Waals surface area contributed by atoms with Crippen LogP contribution in [0, 0.1) is 0 Å². The summed E-state index contributed by atoms with van der Waals surface area (Å²) in [6.07, 6.45) is 7.17. The van der Waals surface area contributed by atoms with Gasteiger partial charge in [0.05, 0.1) is 5.69 Å². The normalized spacial score (nSPS) is 18.1. The highest BCUT2D eigenvalue weighted by Crippen LogP contribution is 2.29. The van der Waals surface area contributed by atoms with Gasteiger partial charge in [-0.05, 0) is 16.9 Å². The molecule has 1 aromatic carbocycles. The molecule has 3 rings (SSSR count). The zero-order valence-corrected chi connectivity index (χ0v) is 10.8. The van der Waals surface area contributed by atoms with E-state index in [0.717, 1.165) is 17.9 Å². The van der Waals surface area contributed by atoms with Gasteiger partial charge in [0.1, 0.15) is 5.76 Å². The third-order valence-electron chi connectivity index (χ3n) is 3.47. The molecule has 0 amide bonds. The first-order valence-corrected chi connectivity index (χ1v) is 6.46. The van der Waals surface area contributed by atoms with Gasteiger partial charge in [0.15, 0.2) is 6.39 Å². The maximum atomic E-state index is 5.52. The Bertz CT molecular complexity index is 666. The molecule has 0 N–H and O–H groups in total. The second-order valence-electron chi connectivity index (χ2n) is 5.10. The quantitative estimate of drug-likeness (QED) is 0.805. The molecular formula is C16H17NO. The zero-order chi connectivity index (χ0) is 12.5. The fourth-order valence-electron chi connectivity index (χ4n) is 2.55. The van der Waals surface area contributed by atoms with E-state index in [4.69, 9.17) is 4.42 Å². The van der Waals surface area contributed by atoms with Crippen LogP contribution in [0.1, 0.15) is 43.6 Å². The third kappa shape index (κ3) is 1.88. The fourth-order valence-corrected chi connectivity index (χ4v) is 2.55. The molecular weight excluding hydrogens is 222 g/mol. The summed E-state index contributed by atoms with van der Waals surface area (Å²) < 4.78 is 5.52. The van der Waals surface area contributed by atoms with E-state index in [2.05, 4.69) is 55.2 Å². The van der Waals surface area contributed by atoms with Crippen molar-refractivity contribution in [1.82, 2.24) is 4.98 Å². The van der Waals surface area contributed by atoms with E-state index < -0.39 is 0 Å². The largest absolute Gasteiger partial charge is 0.448 e. The molecule has 1 unspecified atom stereocenters. The average molecular weight is 239 g/mol. The highest BCUT2D eigenvalue weighted by atomic mass is 16.3. The van der Waals surface area contributed by atoms with Crippen molar-refractivity contribution in [3.05, 3.63) is 52.6 Å². The zero-order valence-electron chi connectivity index (χ0n) is 10.8. The minimum absolute atomic E-state index is 0.344. The van der Waals surface area contributed by atoms with Crippen molar-refractivity contribution in [2.45, 2.75) is 32.1 Å². The highest BCUT2D eigenvalue weighted by molar-refractivity contribution is 5.47. The number of fused-ring (bicyclic) bond motifs is 1. The minimum Gasteiger partial charge on any atom is -0.448 e. The summed E-state index contributed by atoms with van der Waals surface area (Å²) in [4.78, 5) is 4.42. The maximum absolute atomic E-state index is 5.52. The lowest BCUT2D eigenvalue weighted by Gasteiger charge is -2.14. The van der Waals surface area contributed by atoms with Crippen LogP contribution in [-0.2, 0) is 0 Å². The van der Waals surface area contributed by atoms with Crippen LogP contribution in [0.5, 0.6) is 0 Å². The lowest BCUT2D eigenvalue weighted by Crippen LogP contribution is -2.28. The maximum Gasteiger partial charge on any atom is 0.181 e. The summed E-state index contributed by atoms with van der Waals surface area (Å²) in [6, 6.07) is 8.48. The van der Waals surface area contributed by atoms with Gasteiger partial charge in [-0.15, -0.1) is 0 Å². The van der Waals surface area contributed by atoms with E-state index >= 15 is 0 Å². The Morgan fingerprint density at radius 3 is 2.78 bits per heavy atom. The molecule has 1 aromatic heterocycles. The molecule has 0 radical (unpaired) electrons. The van der Waals surface area contributed by atoms with Crippen LogP contribution in [0.15, 0.2) is 35.1 Å². The Labute approximate surface area is 107 Å². The van der Waals surface area contributed by atoms with Crippen molar-refractivity contribution >= 4 is 12.2 Å². The van der Waals surface area contributed by atoms with E-state index in [0.29, 0.717) is 11.8 Å². The summed E-state index contributed by atoms with van der Waals surface area (Å²) in [6.45, 7) is 4.29. The van der Waals surface area contributed by atoms with E-state index in [1.165, 1.54) is 10.4 Å². The summed E-state index contributed by atoms with van der Waals surface area (Å²) in [7, 11) is 0. The van der Waals surface area contributed by atoms with Gasteiger partial charge in [0.2, 0.25) is 0 Å². The number of oxazole rings is 1. The summed E-state index contributed by atoms with van der Waals surface area (Å²) in [5, 5.41) is 2.62. The Kier molecular flexibility index (Phi) is 2.78. The van der Waals surface area contributed by atoms with Crippen LogP contribution in [0.4, 0.5) is 0 Å². The monoisotopic (exact) mass is 239 g/mol. The lowest BCUT2D eigenvalue weighted by atomic mass is 9.91. The predicted molar refractivity (Wildman–Crippen MR) is 72.6 cm³/mol. The molecule has 1 aliphatic rings. The highest BCUT2D eigenvalue weighted by Gasteiger charge is 2.20. The molecule has 1 heterocycles. The Morgan fingerprint density at radius 2 is 2.00 bits per heavy atom. The first kappa shape index (κ1) is 11.3.